The van der Waals surface area contributed by atoms with Gasteiger partial charge in [-0.05, 0) is 96.7 Å². The molecule has 11 rings (SSSR count). The van der Waals surface area contributed by atoms with Crippen LogP contribution in [-0.2, 0) is 0 Å². The summed E-state index contributed by atoms with van der Waals surface area (Å²) in [6.45, 7) is 0. The van der Waals surface area contributed by atoms with Gasteiger partial charge in [-0.25, -0.2) is 0 Å². The van der Waals surface area contributed by atoms with Crippen molar-refractivity contribution in [3.05, 3.63) is 212 Å². The van der Waals surface area contributed by atoms with Crippen LogP contribution in [0.25, 0.3) is 85.9 Å². The summed E-state index contributed by atoms with van der Waals surface area (Å²) in [4.78, 5) is 2.46. The minimum Gasteiger partial charge on any atom is -0.309 e. The summed E-state index contributed by atoms with van der Waals surface area (Å²) in [6.07, 6.45) is 0. The molecule has 0 atom stereocenters. The predicted octanol–water partition coefficient (Wildman–Crippen LogP) is 16.0. The maximum atomic E-state index is 2.46. The molecule has 0 aliphatic rings. The Morgan fingerprint density at radius 2 is 0.857 bits per heavy atom. The second kappa shape index (κ2) is 13.4. The van der Waals surface area contributed by atoms with Gasteiger partial charge in [0.15, 0.2) is 0 Å². The van der Waals surface area contributed by atoms with E-state index in [9.17, 15) is 0 Å². The maximum Gasteiger partial charge on any atom is 0.0640 e. The van der Waals surface area contributed by atoms with Crippen molar-refractivity contribution in [2.75, 3.05) is 4.90 Å². The highest BCUT2D eigenvalue weighted by molar-refractivity contribution is 7.27. The normalized spacial score (nSPS) is 11.6. The Morgan fingerprint density at radius 3 is 1.70 bits per heavy atom. The number of fused-ring (bicyclic) bond motifs is 7. The minimum absolute atomic E-state index is 1.12. The van der Waals surface area contributed by atoms with Crippen molar-refractivity contribution < 1.29 is 0 Å². The molecule has 0 amide bonds. The Bertz CT molecular complexity index is 3240. The standard InChI is InChI=1S/C54H35NS/c1-2-13-36(14-3-1)38-27-29-39(30-28-38)42-19-10-20-43(33-42)55(44-32-31-37-15-4-5-17-41(37)34-44)52-26-12-25-49-51-35-50(46-24-11-18-40-16-6-7-21-45(40)46)47-22-8-9-23-48(47)53(51)56-54(49)52/h1-35H. The van der Waals surface area contributed by atoms with E-state index in [1.807, 2.05) is 11.3 Å². The van der Waals surface area contributed by atoms with E-state index in [0.29, 0.717) is 0 Å². The monoisotopic (exact) mass is 729 g/mol. The van der Waals surface area contributed by atoms with Gasteiger partial charge in [-0.3, -0.25) is 0 Å². The molecule has 0 radical (unpaired) electrons. The number of hydrogen-bond acceptors (Lipinski definition) is 2. The number of nitrogens with zero attached hydrogens (tertiary/aromatic N) is 1. The molecule has 0 saturated carbocycles. The second-order valence-electron chi connectivity index (χ2n) is 14.5. The smallest absolute Gasteiger partial charge is 0.0640 e. The molecule has 0 fully saturated rings. The molecule has 262 valence electrons. The highest BCUT2D eigenvalue weighted by Crippen LogP contribution is 2.49. The van der Waals surface area contributed by atoms with E-state index in [2.05, 4.69) is 217 Å². The average molecular weight is 730 g/mol. The molecule has 1 aromatic heterocycles. The summed E-state index contributed by atoms with van der Waals surface area (Å²) >= 11 is 1.91. The van der Waals surface area contributed by atoms with E-state index >= 15 is 0 Å². The van der Waals surface area contributed by atoms with Gasteiger partial charge in [0.05, 0.1) is 10.4 Å². The predicted molar refractivity (Wildman–Crippen MR) is 243 cm³/mol. The molecule has 2 heteroatoms. The molecule has 0 bridgehead atoms. The van der Waals surface area contributed by atoms with Crippen molar-refractivity contribution in [3.63, 3.8) is 0 Å². The lowest BCUT2D eigenvalue weighted by Gasteiger charge is -2.27. The largest absolute Gasteiger partial charge is 0.309 e. The van der Waals surface area contributed by atoms with Gasteiger partial charge in [-0.1, -0.05) is 176 Å². The first kappa shape index (κ1) is 32.4. The highest BCUT2D eigenvalue weighted by atomic mass is 32.1. The van der Waals surface area contributed by atoms with E-state index in [0.717, 1.165) is 11.4 Å². The first-order valence-corrected chi connectivity index (χ1v) is 20.0. The van der Waals surface area contributed by atoms with E-state index in [-0.39, 0.29) is 0 Å². The molecule has 0 spiro atoms. The maximum absolute atomic E-state index is 2.46. The fourth-order valence-corrected chi connectivity index (χ4v) is 9.84. The number of thiophene rings is 1. The van der Waals surface area contributed by atoms with Gasteiger partial charge in [-0.2, -0.15) is 0 Å². The highest BCUT2D eigenvalue weighted by Gasteiger charge is 2.21. The van der Waals surface area contributed by atoms with Crippen LogP contribution in [0, 0.1) is 0 Å². The summed E-state index contributed by atoms with van der Waals surface area (Å²) in [6, 6.07) is 77.7. The topological polar surface area (TPSA) is 3.24 Å². The molecule has 11 aromatic rings. The Kier molecular flexibility index (Phi) is 7.75. The molecule has 0 aliphatic carbocycles. The fraction of sp³-hybridized carbons (Fsp3) is 0. The first-order valence-electron chi connectivity index (χ1n) is 19.2. The zero-order chi connectivity index (χ0) is 37.0. The van der Waals surface area contributed by atoms with Crippen LogP contribution in [0.15, 0.2) is 212 Å². The summed E-state index contributed by atoms with van der Waals surface area (Å²) in [5, 5.41) is 10.1. The van der Waals surface area contributed by atoms with Gasteiger partial charge >= 0.3 is 0 Å². The summed E-state index contributed by atoms with van der Waals surface area (Å²) in [5.41, 5.74) is 10.8. The van der Waals surface area contributed by atoms with Crippen LogP contribution in [-0.4, -0.2) is 0 Å². The quantitative estimate of drug-likeness (QED) is 0.165. The number of anilines is 3. The van der Waals surface area contributed by atoms with E-state index < -0.39 is 0 Å². The summed E-state index contributed by atoms with van der Waals surface area (Å²) < 4.78 is 2.59. The van der Waals surface area contributed by atoms with Gasteiger partial charge in [0, 0.05) is 32.2 Å². The Balaban J connectivity index is 1.12. The third kappa shape index (κ3) is 5.46. The SMILES string of the molecule is c1ccc(-c2ccc(-c3cccc(N(c4ccc5ccccc5c4)c4cccc5c4sc4c6ccccc6c(-c6cccc7ccccc67)cc54)c3)cc2)cc1. The lowest BCUT2D eigenvalue weighted by atomic mass is 9.92. The number of rotatable bonds is 6. The molecule has 56 heavy (non-hydrogen) atoms. The Labute approximate surface area is 330 Å². The molecule has 1 nitrogen and oxygen atoms in total. The number of hydrogen-bond donors (Lipinski definition) is 0. The van der Waals surface area contributed by atoms with Crippen molar-refractivity contribution in [1.82, 2.24) is 0 Å². The zero-order valence-corrected chi connectivity index (χ0v) is 31.4. The van der Waals surface area contributed by atoms with Crippen LogP contribution in [0.1, 0.15) is 0 Å². The Morgan fingerprint density at radius 1 is 0.286 bits per heavy atom. The van der Waals surface area contributed by atoms with Crippen molar-refractivity contribution in [3.8, 4) is 33.4 Å². The van der Waals surface area contributed by atoms with E-state index in [1.165, 1.54) is 91.6 Å². The summed E-state index contributed by atoms with van der Waals surface area (Å²) in [7, 11) is 0. The van der Waals surface area contributed by atoms with Gasteiger partial charge in [0.25, 0.3) is 0 Å². The molecule has 0 saturated heterocycles. The van der Waals surface area contributed by atoms with Gasteiger partial charge < -0.3 is 4.90 Å². The summed E-state index contributed by atoms with van der Waals surface area (Å²) in [5.74, 6) is 0. The molecule has 0 unspecified atom stereocenters. The van der Waals surface area contributed by atoms with Crippen LogP contribution in [0.4, 0.5) is 17.1 Å². The zero-order valence-electron chi connectivity index (χ0n) is 30.6. The molecular weight excluding hydrogens is 695 g/mol. The fourth-order valence-electron chi connectivity index (χ4n) is 8.52. The van der Waals surface area contributed by atoms with Crippen LogP contribution >= 0.6 is 11.3 Å². The molecule has 10 aromatic carbocycles. The molecular formula is C54H35NS. The molecule has 0 N–H and O–H groups in total. The third-order valence-corrected chi connectivity index (χ3v) is 12.5. The van der Waals surface area contributed by atoms with Crippen molar-refractivity contribution in [2.24, 2.45) is 0 Å². The van der Waals surface area contributed by atoms with E-state index in [4.69, 9.17) is 0 Å². The second-order valence-corrected chi connectivity index (χ2v) is 15.5. The lowest BCUT2D eigenvalue weighted by Crippen LogP contribution is -2.10. The van der Waals surface area contributed by atoms with E-state index in [1.54, 1.807) is 0 Å². The van der Waals surface area contributed by atoms with Crippen LogP contribution in [0.3, 0.4) is 0 Å². The average Bonchev–Trinajstić information content (AvgIpc) is 3.66. The first-order chi connectivity index (χ1) is 27.8. The Hall–Kier alpha value is -7.00. The third-order valence-electron chi connectivity index (χ3n) is 11.2. The van der Waals surface area contributed by atoms with Crippen LogP contribution in [0.2, 0.25) is 0 Å². The molecule has 1 heterocycles. The van der Waals surface area contributed by atoms with Crippen molar-refractivity contribution in [1.29, 1.82) is 0 Å². The van der Waals surface area contributed by atoms with Crippen LogP contribution in [0.5, 0.6) is 0 Å². The van der Waals surface area contributed by atoms with Crippen LogP contribution < -0.4 is 4.90 Å². The minimum atomic E-state index is 1.12. The lowest BCUT2D eigenvalue weighted by molar-refractivity contribution is 1.31. The molecule has 0 aliphatic heterocycles. The van der Waals surface area contributed by atoms with Gasteiger partial charge in [-0.15, -0.1) is 11.3 Å². The van der Waals surface area contributed by atoms with Gasteiger partial charge in [0.2, 0.25) is 0 Å². The number of benzene rings is 10. The van der Waals surface area contributed by atoms with Crippen molar-refractivity contribution in [2.45, 2.75) is 0 Å². The van der Waals surface area contributed by atoms with Gasteiger partial charge in [0.1, 0.15) is 0 Å². The van der Waals surface area contributed by atoms with Crippen molar-refractivity contribution >= 4 is 80.9 Å².